The molecule has 1 saturated carbocycles. The van der Waals surface area contributed by atoms with Gasteiger partial charge in [-0.25, -0.2) is 0 Å². The van der Waals surface area contributed by atoms with Crippen molar-refractivity contribution >= 4 is 17.3 Å². The molecule has 31 heavy (non-hydrogen) atoms. The molecular formula is C24H29F3N2O2. The number of anilines is 2. The third-order valence-electron chi connectivity index (χ3n) is 5.57. The van der Waals surface area contributed by atoms with Crippen LogP contribution in [0.15, 0.2) is 48.5 Å². The summed E-state index contributed by atoms with van der Waals surface area (Å²) in [6.45, 7) is 4.35. The monoisotopic (exact) mass is 434 g/mol. The summed E-state index contributed by atoms with van der Waals surface area (Å²) in [5.74, 6) is 0.142. The van der Waals surface area contributed by atoms with Gasteiger partial charge in [0.1, 0.15) is 6.04 Å². The molecule has 0 spiro atoms. The Labute approximate surface area is 181 Å². The lowest BCUT2D eigenvalue weighted by atomic mass is 9.89. The summed E-state index contributed by atoms with van der Waals surface area (Å²) in [5.41, 5.74) is 0.576. The number of carbonyl (C=O) groups excluding carboxylic acids is 1. The molecule has 4 nitrogen and oxygen atoms in total. The van der Waals surface area contributed by atoms with E-state index in [9.17, 15) is 18.0 Å². The minimum atomic E-state index is -4.54. The van der Waals surface area contributed by atoms with E-state index in [4.69, 9.17) is 4.74 Å². The Morgan fingerprint density at radius 2 is 1.94 bits per heavy atom. The Kier molecular flexibility index (Phi) is 7.59. The van der Waals surface area contributed by atoms with Gasteiger partial charge in [0.25, 0.3) is 0 Å². The molecule has 0 aliphatic heterocycles. The number of alkyl halides is 3. The summed E-state index contributed by atoms with van der Waals surface area (Å²) in [4.78, 5) is 12.5. The number of benzene rings is 2. The van der Waals surface area contributed by atoms with E-state index in [0.717, 1.165) is 24.5 Å². The summed E-state index contributed by atoms with van der Waals surface area (Å²) in [5, 5.41) is 5.43. The van der Waals surface area contributed by atoms with E-state index in [-0.39, 0.29) is 11.8 Å². The molecule has 0 saturated heterocycles. The maximum Gasteiger partial charge on any atom is 0.418 e. The van der Waals surface area contributed by atoms with E-state index in [0.29, 0.717) is 18.2 Å². The number of carbonyl (C=O) groups is 1. The average Bonchev–Trinajstić information content (AvgIpc) is 2.72. The van der Waals surface area contributed by atoms with Gasteiger partial charge in [-0.2, -0.15) is 13.2 Å². The van der Waals surface area contributed by atoms with E-state index in [1.165, 1.54) is 31.0 Å². The lowest BCUT2D eigenvalue weighted by molar-refractivity contribution is -0.137. The highest BCUT2D eigenvalue weighted by atomic mass is 19.4. The molecule has 0 heterocycles. The Morgan fingerprint density at radius 1 is 1.16 bits per heavy atom. The molecule has 2 aromatic rings. The summed E-state index contributed by atoms with van der Waals surface area (Å²) >= 11 is 0. The molecule has 1 fully saturated rings. The molecule has 1 aliphatic rings. The summed E-state index contributed by atoms with van der Waals surface area (Å²) < 4.78 is 45.5. The first kappa shape index (κ1) is 23.1. The van der Waals surface area contributed by atoms with Crippen LogP contribution in [0.25, 0.3) is 0 Å². The molecule has 168 valence electrons. The Balaban J connectivity index is 1.57. The van der Waals surface area contributed by atoms with Crippen LogP contribution in [0.4, 0.5) is 24.5 Å². The molecule has 0 aromatic heterocycles. The van der Waals surface area contributed by atoms with Gasteiger partial charge in [-0.15, -0.1) is 0 Å². The number of halogens is 3. The van der Waals surface area contributed by atoms with Crippen LogP contribution in [0.5, 0.6) is 0 Å². The van der Waals surface area contributed by atoms with Crippen LogP contribution in [0.2, 0.25) is 0 Å². The highest BCUT2D eigenvalue weighted by Crippen LogP contribution is 2.34. The van der Waals surface area contributed by atoms with Crippen LogP contribution in [0.3, 0.4) is 0 Å². The van der Waals surface area contributed by atoms with Gasteiger partial charge in [0, 0.05) is 5.69 Å². The van der Waals surface area contributed by atoms with Crippen molar-refractivity contribution in [3.05, 3.63) is 59.7 Å². The zero-order valence-electron chi connectivity index (χ0n) is 17.8. The van der Waals surface area contributed by atoms with Gasteiger partial charge in [0.2, 0.25) is 5.91 Å². The van der Waals surface area contributed by atoms with E-state index < -0.39 is 23.7 Å². The minimum Gasteiger partial charge on any atom is -0.374 e. The fourth-order valence-corrected chi connectivity index (χ4v) is 3.89. The lowest BCUT2D eigenvalue weighted by Gasteiger charge is -2.26. The van der Waals surface area contributed by atoms with Crippen LogP contribution in [-0.2, 0) is 22.3 Å². The second-order valence-corrected chi connectivity index (χ2v) is 8.30. The van der Waals surface area contributed by atoms with E-state index in [1.807, 2.05) is 24.3 Å². The second-order valence-electron chi connectivity index (χ2n) is 8.30. The van der Waals surface area contributed by atoms with Gasteiger partial charge in [-0.1, -0.05) is 44.0 Å². The van der Waals surface area contributed by atoms with Crippen molar-refractivity contribution in [2.45, 2.75) is 64.5 Å². The molecule has 2 aromatic carbocycles. The molecule has 1 amide bonds. The van der Waals surface area contributed by atoms with Crippen LogP contribution in [-0.4, -0.2) is 18.1 Å². The molecule has 3 unspecified atom stereocenters. The van der Waals surface area contributed by atoms with E-state index in [2.05, 4.69) is 17.6 Å². The van der Waals surface area contributed by atoms with Crippen LogP contribution in [0, 0.1) is 5.92 Å². The van der Waals surface area contributed by atoms with Crippen molar-refractivity contribution in [2.24, 2.45) is 5.92 Å². The number of hydrogen-bond donors (Lipinski definition) is 2. The number of ether oxygens (including phenoxy) is 1. The van der Waals surface area contributed by atoms with E-state index >= 15 is 0 Å². The van der Waals surface area contributed by atoms with Crippen molar-refractivity contribution in [1.82, 2.24) is 0 Å². The second kappa shape index (κ2) is 10.2. The SMILES string of the molecule is CC1CCCC(OCc2cccc(NC(C)C(=O)Nc3ccccc3C(F)(F)F)c2)C1. The number of rotatable bonds is 7. The standard InChI is InChI=1S/C24H29F3N2O2/c1-16-7-5-10-20(13-16)31-15-18-8-6-9-19(14-18)28-17(2)23(30)29-22-12-4-3-11-21(22)24(25,26)27/h3-4,6,8-9,11-12,14,16-17,20,28H,5,7,10,13,15H2,1-2H3,(H,29,30). The van der Waals surface area contributed by atoms with Crippen molar-refractivity contribution in [3.8, 4) is 0 Å². The number of para-hydroxylation sites is 1. The Hall–Kier alpha value is -2.54. The minimum absolute atomic E-state index is 0.252. The van der Waals surface area contributed by atoms with Gasteiger partial charge < -0.3 is 15.4 Å². The van der Waals surface area contributed by atoms with Crippen LogP contribution in [0.1, 0.15) is 50.7 Å². The van der Waals surface area contributed by atoms with Crippen molar-refractivity contribution in [2.75, 3.05) is 10.6 Å². The third kappa shape index (κ3) is 6.72. The maximum atomic E-state index is 13.1. The maximum absolute atomic E-state index is 13.1. The first-order valence-electron chi connectivity index (χ1n) is 10.7. The summed E-state index contributed by atoms with van der Waals surface area (Å²) in [6, 6.07) is 11.8. The first-order chi connectivity index (χ1) is 14.7. The summed E-state index contributed by atoms with van der Waals surface area (Å²) in [7, 11) is 0. The van der Waals surface area contributed by atoms with Gasteiger partial charge in [0.15, 0.2) is 0 Å². The first-order valence-corrected chi connectivity index (χ1v) is 10.7. The van der Waals surface area contributed by atoms with Crippen LogP contribution >= 0.6 is 0 Å². The average molecular weight is 435 g/mol. The fraction of sp³-hybridized carbons (Fsp3) is 0.458. The van der Waals surface area contributed by atoms with Crippen molar-refractivity contribution in [3.63, 3.8) is 0 Å². The molecule has 7 heteroatoms. The van der Waals surface area contributed by atoms with Gasteiger partial charge in [-0.3, -0.25) is 4.79 Å². The van der Waals surface area contributed by atoms with E-state index in [1.54, 1.807) is 6.92 Å². The predicted octanol–water partition coefficient (Wildman–Crippen LogP) is 6.24. The van der Waals surface area contributed by atoms with Crippen molar-refractivity contribution in [1.29, 1.82) is 0 Å². The predicted molar refractivity (Wildman–Crippen MR) is 116 cm³/mol. The quantitative estimate of drug-likeness (QED) is 0.542. The lowest BCUT2D eigenvalue weighted by Crippen LogP contribution is -2.32. The van der Waals surface area contributed by atoms with Crippen LogP contribution < -0.4 is 10.6 Å². The van der Waals surface area contributed by atoms with Gasteiger partial charge in [0.05, 0.1) is 24.0 Å². The highest BCUT2D eigenvalue weighted by Gasteiger charge is 2.33. The molecule has 1 aliphatic carbocycles. The third-order valence-corrected chi connectivity index (χ3v) is 5.57. The highest BCUT2D eigenvalue weighted by molar-refractivity contribution is 5.96. The van der Waals surface area contributed by atoms with Gasteiger partial charge >= 0.3 is 6.18 Å². The fourth-order valence-electron chi connectivity index (χ4n) is 3.89. The van der Waals surface area contributed by atoms with Gasteiger partial charge in [-0.05, 0) is 55.5 Å². The summed E-state index contributed by atoms with van der Waals surface area (Å²) in [6.07, 6.45) is 0.349. The number of hydrogen-bond acceptors (Lipinski definition) is 3. The molecule has 3 rings (SSSR count). The van der Waals surface area contributed by atoms with Crippen molar-refractivity contribution < 1.29 is 22.7 Å². The Morgan fingerprint density at radius 3 is 2.68 bits per heavy atom. The number of amides is 1. The molecular weight excluding hydrogens is 405 g/mol. The zero-order chi connectivity index (χ0) is 22.4. The topological polar surface area (TPSA) is 50.4 Å². The molecule has 2 N–H and O–H groups in total. The molecule has 3 atom stereocenters. The normalized spacial score (nSPS) is 20.2. The molecule has 0 bridgehead atoms. The largest absolute Gasteiger partial charge is 0.418 e. The number of nitrogens with one attached hydrogen (secondary N) is 2. The smallest absolute Gasteiger partial charge is 0.374 e. The Bertz CT molecular complexity index is 885. The molecule has 0 radical (unpaired) electrons. The zero-order valence-corrected chi connectivity index (χ0v) is 17.8.